The fourth-order valence-electron chi connectivity index (χ4n) is 3.78. The van der Waals surface area contributed by atoms with Crippen molar-refractivity contribution in [3.05, 3.63) is 89.0 Å². The molecule has 0 spiro atoms. The van der Waals surface area contributed by atoms with Crippen LogP contribution in [0.5, 0.6) is 0 Å². The number of imidazole rings is 1. The first-order chi connectivity index (χ1) is 14.7. The second kappa shape index (κ2) is 7.22. The minimum atomic E-state index is -0.486. The average molecular weight is 403 g/mol. The van der Waals surface area contributed by atoms with Crippen LogP contribution in [0.2, 0.25) is 0 Å². The van der Waals surface area contributed by atoms with Gasteiger partial charge in [0, 0.05) is 18.9 Å². The van der Waals surface area contributed by atoms with Crippen LogP contribution in [-0.4, -0.2) is 37.1 Å². The molecule has 5 rings (SSSR count). The lowest BCUT2D eigenvalue weighted by molar-refractivity contribution is 0.0519. The van der Waals surface area contributed by atoms with Crippen LogP contribution in [0.4, 0.5) is 4.39 Å². The highest BCUT2D eigenvalue weighted by Crippen LogP contribution is 2.31. The summed E-state index contributed by atoms with van der Waals surface area (Å²) in [6, 6.07) is 14.4. The van der Waals surface area contributed by atoms with E-state index in [1.54, 1.807) is 28.6 Å². The van der Waals surface area contributed by atoms with Gasteiger partial charge < -0.3 is 4.74 Å². The molecular weight excluding hydrogens is 385 g/mol. The van der Waals surface area contributed by atoms with Crippen molar-refractivity contribution in [1.29, 1.82) is 0 Å². The van der Waals surface area contributed by atoms with Crippen molar-refractivity contribution in [3.63, 3.8) is 0 Å². The third-order valence-corrected chi connectivity index (χ3v) is 5.15. The van der Waals surface area contributed by atoms with Crippen LogP contribution in [0.15, 0.2) is 54.9 Å². The summed E-state index contributed by atoms with van der Waals surface area (Å²) >= 11 is 0. The summed E-state index contributed by atoms with van der Waals surface area (Å²) in [5.74, 6) is -0.866. The normalized spacial score (nSPS) is 11.9. The molecular formula is C22H18FN5O2. The summed E-state index contributed by atoms with van der Waals surface area (Å²) in [6.45, 7) is 2.01. The molecule has 0 fully saturated rings. The van der Waals surface area contributed by atoms with Crippen LogP contribution >= 0.6 is 0 Å². The zero-order chi connectivity index (χ0) is 20.7. The van der Waals surface area contributed by atoms with Gasteiger partial charge in [0.2, 0.25) is 0 Å². The predicted octanol–water partition coefficient (Wildman–Crippen LogP) is 3.26. The first-order valence-corrected chi connectivity index (χ1v) is 9.66. The molecule has 0 N–H and O–H groups in total. The fraction of sp³-hybridized carbons (Fsp3) is 0.182. The van der Waals surface area contributed by atoms with Gasteiger partial charge in [0.25, 0.3) is 0 Å². The third-order valence-electron chi connectivity index (χ3n) is 5.15. The molecule has 0 atom stereocenters. The lowest BCUT2D eigenvalue weighted by Crippen LogP contribution is -2.11. The number of hydrogen-bond acceptors (Lipinski definition) is 5. The second-order valence-electron chi connectivity index (χ2n) is 7.00. The number of aromatic nitrogens is 5. The van der Waals surface area contributed by atoms with Gasteiger partial charge in [-0.3, -0.25) is 4.57 Å². The van der Waals surface area contributed by atoms with E-state index in [2.05, 4.69) is 15.3 Å². The van der Waals surface area contributed by atoms with E-state index in [9.17, 15) is 9.18 Å². The summed E-state index contributed by atoms with van der Waals surface area (Å²) in [7, 11) is 0. The number of nitrogens with zero attached hydrogens (tertiary/aromatic N) is 5. The Labute approximate surface area is 171 Å². The van der Waals surface area contributed by atoms with E-state index in [0.29, 0.717) is 29.9 Å². The van der Waals surface area contributed by atoms with Crippen LogP contribution in [0.3, 0.4) is 0 Å². The Morgan fingerprint density at radius 2 is 1.97 bits per heavy atom. The van der Waals surface area contributed by atoms with Gasteiger partial charge >= 0.3 is 5.97 Å². The lowest BCUT2D eigenvalue weighted by atomic mass is 10.1. The van der Waals surface area contributed by atoms with Crippen molar-refractivity contribution in [2.24, 2.45) is 0 Å². The fourth-order valence-corrected chi connectivity index (χ4v) is 3.78. The maximum absolute atomic E-state index is 14.1. The molecule has 0 unspecified atom stereocenters. The van der Waals surface area contributed by atoms with Gasteiger partial charge in [-0.1, -0.05) is 35.5 Å². The Kier molecular flexibility index (Phi) is 4.39. The van der Waals surface area contributed by atoms with Crippen LogP contribution in [0, 0.1) is 5.82 Å². The van der Waals surface area contributed by atoms with E-state index >= 15 is 0 Å². The Bertz CT molecular complexity index is 1250. The molecule has 4 aromatic rings. The van der Waals surface area contributed by atoms with Crippen molar-refractivity contribution in [2.75, 3.05) is 6.61 Å². The number of benzene rings is 2. The Hall–Kier alpha value is -3.81. The lowest BCUT2D eigenvalue weighted by Gasteiger charge is -2.09. The summed E-state index contributed by atoms with van der Waals surface area (Å²) in [5, 5.41) is 8.70. The first-order valence-electron chi connectivity index (χ1n) is 9.66. The number of fused-ring (bicyclic) bond motifs is 5. The molecule has 0 amide bonds. The molecule has 0 bridgehead atoms. The van der Waals surface area contributed by atoms with Crippen molar-refractivity contribution in [2.45, 2.75) is 19.8 Å². The molecule has 8 heteroatoms. The largest absolute Gasteiger partial charge is 0.461 e. The molecule has 7 nitrogen and oxygen atoms in total. The van der Waals surface area contributed by atoms with Crippen molar-refractivity contribution in [1.82, 2.24) is 24.5 Å². The Balaban J connectivity index is 1.69. The summed E-state index contributed by atoms with van der Waals surface area (Å²) in [5.41, 5.74) is 4.76. The molecule has 0 radical (unpaired) electrons. The highest BCUT2D eigenvalue weighted by atomic mass is 19.1. The number of halogens is 1. The van der Waals surface area contributed by atoms with Gasteiger partial charge in [0.1, 0.15) is 12.1 Å². The standard InChI is InChI=1S/C22H18FN5O2/c1-2-30-22(29)21-20-12-18-16(10-14-6-4-3-5-7-14)25-26-28(18)19-11-15(23)8-9-17(19)27(20)13-24-21/h3-9,11,13H,2,10,12H2,1H3. The minimum Gasteiger partial charge on any atom is -0.461 e. The second-order valence-corrected chi connectivity index (χ2v) is 7.00. The number of rotatable bonds is 4. The predicted molar refractivity (Wildman–Crippen MR) is 106 cm³/mol. The van der Waals surface area contributed by atoms with Gasteiger partial charge in [-0.25, -0.2) is 18.9 Å². The summed E-state index contributed by atoms with van der Waals surface area (Å²) < 4.78 is 22.8. The molecule has 1 aliphatic heterocycles. The highest BCUT2D eigenvalue weighted by molar-refractivity contribution is 5.89. The van der Waals surface area contributed by atoms with Crippen LogP contribution in [0.1, 0.15) is 40.1 Å². The summed E-state index contributed by atoms with van der Waals surface area (Å²) in [6.07, 6.45) is 2.50. The van der Waals surface area contributed by atoms with E-state index in [-0.39, 0.29) is 18.1 Å². The zero-order valence-electron chi connectivity index (χ0n) is 16.2. The molecule has 3 heterocycles. The monoisotopic (exact) mass is 403 g/mol. The van der Waals surface area contributed by atoms with Gasteiger partial charge in [0.05, 0.1) is 35.1 Å². The van der Waals surface area contributed by atoms with Crippen LogP contribution < -0.4 is 0 Å². The molecule has 0 saturated carbocycles. The number of hydrogen-bond donors (Lipinski definition) is 0. The van der Waals surface area contributed by atoms with E-state index in [4.69, 9.17) is 4.74 Å². The first kappa shape index (κ1) is 18.2. The van der Waals surface area contributed by atoms with Crippen molar-refractivity contribution in [3.8, 4) is 11.4 Å². The maximum atomic E-state index is 14.1. The quantitative estimate of drug-likeness (QED) is 0.431. The van der Waals surface area contributed by atoms with Gasteiger partial charge in [-0.15, -0.1) is 5.10 Å². The molecule has 2 aromatic heterocycles. The number of carbonyl (C=O) groups excluding carboxylic acids is 1. The average Bonchev–Trinajstić information content (AvgIpc) is 3.31. The number of esters is 1. The van der Waals surface area contributed by atoms with E-state index in [1.807, 2.05) is 30.3 Å². The number of carbonyl (C=O) groups is 1. The maximum Gasteiger partial charge on any atom is 0.358 e. The van der Waals surface area contributed by atoms with Gasteiger partial charge in [0.15, 0.2) is 5.69 Å². The Morgan fingerprint density at radius 1 is 1.13 bits per heavy atom. The van der Waals surface area contributed by atoms with E-state index in [1.165, 1.54) is 12.1 Å². The molecule has 1 aliphatic rings. The molecule has 150 valence electrons. The van der Waals surface area contributed by atoms with Crippen molar-refractivity contribution >= 4 is 5.97 Å². The smallest absolute Gasteiger partial charge is 0.358 e. The Morgan fingerprint density at radius 3 is 2.77 bits per heavy atom. The van der Waals surface area contributed by atoms with E-state index < -0.39 is 5.97 Å². The topological polar surface area (TPSA) is 74.8 Å². The SMILES string of the molecule is CCOC(=O)c1ncn2c1Cc1c(Cc3ccccc3)nnn1-c1cc(F)ccc1-2. The van der Waals surface area contributed by atoms with Gasteiger partial charge in [-0.2, -0.15) is 0 Å². The summed E-state index contributed by atoms with van der Waals surface area (Å²) in [4.78, 5) is 16.8. The zero-order valence-corrected chi connectivity index (χ0v) is 16.2. The van der Waals surface area contributed by atoms with Crippen LogP contribution in [-0.2, 0) is 17.6 Å². The number of ether oxygens (including phenoxy) is 1. The highest BCUT2D eigenvalue weighted by Gasteiger charge is 2.29. The third kappa shape index (κ3) is 2.97. The van der Waals surface area contributed by atoms with E-state index in [0.717, 1.165) is 17.0 Å². The minimum absolute atomic E-state index is 0.243. The molecule has 0 saturated heterocycles. The molecule has 2 aromatic carbocycles. The molecule has 30 heavy (non-hydrogen) atoms. The van der Waals surface area contributed by atoms with Crippen LogP contribution in [0.25, 0.3) is 11.4 Å². The van der Waals surface area contributed by atoms with Gasteiger partial charge in [-0.05, 0) is 24.6 Å². The molecule has 0 aliphatic carbocycles. The van der Waals surface area contributed by atoms with Crippen molar-refractivity contribution < 1.29 is 13.9 Å².